The van der Waals surface area contributed by atoms with Crippen LogP contribution in [-0.2, 0) is 16.4 Å². The Hall–Kier alpha value is -2.59. The van der Waals surface area contributed by atoms with Gasteiger partial charge in [0.1, 0.15) is 22.3 Å². The Labute approximate surface area is 185 Å². The largest absolute Gasteiger partial charge is 0.455 e. The van der Waals surface area contributed by atoms with Gasteiger partial charge in [-0.2, -0.15) is 4.31 Å². The van der Waals surface area contributed by atoms with E-state index < -0.39 is 32.5 Å². The fourth-order valence-electron chi connectivity index (χ4n) is 4.38. The number of hydrogen-bond donors (Lipinski definition) is 0. The summed E-state index contributed by atoms with van der Waals surface area (Å²) in [5.74, 6) is -1.76. The standard InChI is InChI=1S/C22H24F2N2O5S/c1-13-19-16(27)11-22(2,3)12-17(19)31-20(13)21(28)25-6-8-26(9-7-25)32(29,30)18-10-14(23)4-5-15(18)24/h4-5,10H,6-9,11-12H2,1-3H3. The van der Waals surface area contributed by atoms with Crippen molar-refractivity contribution in [3.05, 3.63) is 52.5 Å². The van der Waals surface area contributed by atoms with Gasteiger partial charge in [-0.15, -0.1) is 0 Å². The molecule has 0 radical (unpaired) electrons. The number of carbonyl (C=O) groups excluding carboxylic acids is 2. The van der Waals surface area contributed by atoms with Crippen LogP contribution in [-0.4, -0.2) is 55.5 Å². The summed E-state index contributed by atoms with van der Waals surface area (Å²) in [6.45, 7) is 5.57. The first-order valence-electron chi connectivity index (χ1n) is 10.3. The maximum atomic E-state index is 14.0. The van der Waals surface area contributed by atoms with E-state index >= 15 is 0 Å². The molecule has 4 rings (SSSR count). The van der Waals surface area contributed by atoms with Crippen molar-refractivity contribution >= 4 is 21.7 Å². The molecule has 0 spiro atoms. The number of hydrogen-bond acceptors (Lipinski definition) is 5. The molecule has 1 amide bonds. The quantitative estimate of drug-likeness (QED) is 0.694. The van der Waals surface area contributed by atoms with Crippen LogP contribution in [0.25, 0.3) is 0 Å². The van der Waals surface area contributed by atoms with Crippen LogP contribution in [0.15, 0.2) is 27.5 Å². The summed E-state index contributed by atoms with van der Waals surface area (Å²) in [6, 6.07) is 2.27. The highest BCUT2D eigenvalue weighted by molar-refractivity contribution is 7.89. The number of rotatable bonds is 3. The molecule has 1 fully saturated rings. The first kappa shape index (κ1) is 22.6. The van der Waals surface area contributed by atoms with Crippen LogP contribution in [0, 0.1) is 24.0 Å². The number of ketones is 1. The third-order valence-corrected chi connectivity index (χ3v) is 7.92. The second kappa shape index (κ2) is 7.77. The van der Waals surface area contributed by atoms with Crippen molar-refractivity contribution in [2.75, 3.05) is 26.2 Å². The summed E-state index contributed by atoms with van der Waals surface area (Å²) >= 11 is 0. The normalized spacial score (nSPS) is 19.2. The lowest BCUT2D eigenvalue weighted by Gasteiger charge is -2.33. The van der Waals surface area contributed by atoms with Crippen LogP contribution in [0.4, 0.5) is 8.78 Å². The van der Waals surface area contributed by atoms with Gasteiger partial charge in [0.15, 0.2) is 11.5 Å². The van der Waals surface area contributed by atoms with Gasteiger partial charge in [-0.1, -0.05) is 13.8 Å². The molecule has 10 heteroatoms. The van der Waals surface area contributed by atoms with Crippen LogP contribution in [0.2, 0.25) is 0 Å². The van der Waals surface area contributed by atoms with Crippen molar-refractivity contribution in [2.24, 2.45) is 5.41 Å². The van der Waals surface area contributed by atoms with Gasteiger partial charge in [0, 0.05) is 44.6 Å². The Kier molecular flexibility index (Phi) is 5.49. The van der Waals surface area contributed by atoms with Gasteiger partial charge in [0.2, 0.25) is 10.0 Å². The van der Waals surface area contributed by atoms with Crippen LogP contribution < -0.4 is 0 Å². The lowest BCUT2D eigenvalue weighted by atomic mass is 9.76. The van der Waals surface area contributed by atoms with E-state index in [-0.39, 0.29) is 43.1 Å². The monoisotopic (exact) mass is 466 g/mol. The summed E-state index contributed by atoms with van der Waals surface area (Å²) in [7, 11) is -4.25. The fraction of sp³-hybridized carbons (Fsp3) is 0.455. The molecule has 2 heterocycles. The van der Waals surface area contributed by atoms with Gasteiger partial charge in [-0.05, 0) is 30.5 Å². The summed E-state index contributed by atoms with van der Waals surface area (Å²) in [5.41, 5.74) is 0.721. The van der Waals surface area contributed by atoms with Gasteiger partial charge in [-0.25, -0.2) is 17.2 Å². The molecule has 2 aliphatic rings. The Morgan fingerprint density at radius 2 is 1.75 bits per heavy atom. The van der Waals surface area contributed by atoms with E-state index in [2.05, 4.69) is 0 Å². The number of amides is 1. The molecular formula is C22H24F2N2O5S. The van der Waals surface area contributed by atoms with Crippen LogP contribution in [0.5, 0.6) is 0 Å². The third-order valence-electron chi connectivity index (χ3n) is 6.01. The van der Waals surface area contributed by atoms with Crippen molar-refractivity contribution < 1.29 is 31.2 Å². The first-order valence-corrected chi connectivity index (χ1v) is 11.7. The van der Waals surface area contributed by atoms with E-state index in [1.54, 1.807) is 6.92 Å². The smallest absolute Gasteiger partial charge is 0.289 e. The molecule has 0 saturated carbocycles. The summed E-state index contributed by atoms with van der Waals surface area (Å²) in [5, 5.41) is 0. The summed E-state index contributed by atoms with van der Waals surface area (Å²) in [6.07, 6.45) is 0.925. The Morgan fingerprint density at radius 1 is 1.09 bits per heavy atom. The topological polar surface area (TPSA) is 87.9 Å². The molecular weight excluding hydrogens is 442 g/mol. The molecule has 0 N–H and O–H groups in total. The minimum Gasteiger partial charge on any atom is -0.455 e. The van der Waals surface area contributed by atoms with Gasteiger partial charge < -0.3 is 9.32 Å². The average molecular weight is 467 g/mol. The predicted molar refractivity (Wildman–Crippen MR) is 111 cm³/mol. The summed E-state index contributed by atoms with van der Waals surface area (Å²) in [4.78, 5) is 26.3. The number of sulfonamides is 1. The zero-order chi connectivity index (χ0) is 23.4. The molecule has 1 aliphatic carbocycles. The highest BCUT2D eigenvalue weighted by atomic mass is 32.2. The van der Waals surface area contributed by atoms with E-state index in [4.69, 9.17) is 4.42 Å². The fourth-order valence-corrected chi connectivity index (χ4v) is 5.87. The Morgan fingerprint density at radius 3 is 2.41 bits per heavy atom. The third kappa shape index (κ3) is 3.86. The molecule has 1 aromatic carbocycles. The zero-order valence-corrected chi connectivity index (χ0v) is 18.9. The lowest BCUT2D eigenvalue weighted by molar-refractivity contribution is 0.0660. The number of fused-ring (bicyclic) bond motifs is 1. The minimum atomic E-state index is -4.25. The highest BCUT2D eigenvalue weighted by Gasteiger charge is 2.39. The summed E-state index contributed by atoms with van der Waals surface area (Å²) < 4.78 is 59.8. The maximum absolute atomic E-state index is 14.0. The maximum Gasteiger partial charge on any atom is 0.289 e. The molecule has 2 aromatic rings. The highest BCUT2D eigenvalue weighted by Crippen LogP contribution is 2.38. The number of nitrogens with zero attached hydrogens (tertiary/aromatic N) is 2. The van der Waals surface area contributed by atoms with Crippen molar-refractivity contribution in [2.45, 2.75) is 38.5 Å². The predicted octanol–water partition coefficient (Wildman–Crippen LogP) is 3.17. The van der Waals surface area contributed by atoms with E-state index in [1.165, 1.54) is 4.90 Å². The van der Waals surface area contributed by atoms with Crippen molar-refractivity contribution in [3.63, 3.8) is 0 Å². The molecule has 0 bridgehead atoms. The second-order valence-electron chi connectivity index (χ2n) is 9.07. The van der Waals surface area contributed by atoms with Crippen molar-refractivity contribution in [3.8, 4) is 0 Å². The molecule has 1 saturated heterocycles. The number of furan rings is 1. The molecule has 32 heavy (non-hydrogen) atoms. The van der Waals surface area contributed by atoms with Gasteiger partial charge in [0.05, 0.1) is 5.56 Å². The number of halogens is 2. The molecule has 1 aromatic heterocycles. The minimum absolute atomic E-state index is 0.0513. The molecule has 172 valence electrons. The Bertz CT molecular complexity index is 1210. The Balaban J connectivity index is 1.52. The SMILES string of the molecule is Cc1c(C(=O)N2CCN(S(=O)(=O)c3cc(F)ccc3F)CC2)oc2c1C(=O)CC(C)(C)C2. The number of carbonyl (C=O) groups is 2. The number of benzene rings is 1. The first-order chi connectivity index (χ1) is 14.9. The zero-order valence-electron chi connectivity index (χ0n) is 18.1. The van der Waals surface area contributed by atoms with Gasteiger partial charge in [-0.3, -0.25) is 9.59 Å². The van der Waals surface area contributed by atoms with Gasteiger partial charge in [0.25, 0.3) is 5.91 Å². The average Bonchev–Trinajstić information content (AvgIpc) is 3.04. The van der Waals surface area contributed by atoms with Crippen molar-refractivity contribution in [1.29, 1.82) is 0 Å². The molecule has 1 aliphatic heterocycles. The van der Waals surface area contributed by atoms with E-state index in [0.717, 1.165) is 16.4 Å². The molecule has 0 atom stereocenters. The molecule has 7 nitrogen and oxygen atoms in total. The second-order valence-corrected chi connectivity index (χ2v) is 11.0. The molecule has 0 unspecified atom stereocenters. The van der Waals surface area contributed by atoms with Crippen molar-refractivity contribution in [1.82, 2.24) is 9.21 Å². The van der Waals surface area contributed by atoms with E-state index in [0.29, 0.717) is 35.8 Å². The number of Topliss-reactive ketones (excluding diaryl/α,β-unsaturated/α-hetero) is 1. The van der Waals surface area contributed by atoms with Crippen LogP contribution >= 0.6 is 0 Å². The van der Waals surface area contributed by atoms with Crippen LogP contribution in [0.3, 0.4) is 0 Å². The number of piperazine rings is 1. The lowest BCUT2D eigenvalue weighted by Crippen LogP contribution is -2.50. The van der Waals surface area contributed by atoms with Gasteiger partial charge >= 0.3 is 0 Å². The van der Waals surface area contributed by atoms with E-state index in [1.807, 2.05) is 13.8 Å². The van der Waals surface area contributed by atoms with E-state index in [9.17, 15) is 26.8 Å². The van der Waals surface area contributed by atoms with Crippen LogP contribution in [0.1, 0.15) is 52.5 Å².